The minimum atomic E-state index is -0.244. The number of rotatable bonds is 3. The number of benzene rings is 1. The first-order chi connectivity index (χ1) is 7.70. The molecule has 0 bridgehead atoms. The summed E-state index contributed by atoms with van der Waals surface area (Å²) < 4.78 is 15.0. The summed E-state index contributed by atoms with van der Waals surface area (Å²) in [6, 6.07) is 6.45. The molecule has 0 fully saturated rings. The minimum Gasteiger partial charge on any atom is -0.330 e. The number of nitrogens with two attached hydrogens (primary N) is 1. The monoisotopic (exact) mass is 219 g/mol. The van der Waals surface area contributed by atoms with Gasteiger partial charge in [0.05, 0.1) is 5.69 Å². The smallest absolute Gasteiger partial charge is 0.125 e. The molecule has 2 aromatic rings. The van der Waals surface area contributed by atoms with Crippen LogP contribution in [0.2, 0.25) is 0 Å². The summed E-state index contributed by atoms with van der Waals surface area (Å²) in [5, 5.41) is 0. The van der Waals surface area contributed by atoms with Gasteiger partial charge < -0.3 is 10.3 Å². The van der Waals surface area contributed by atoms with Crippen LogP contribution in [0.25, 0.3) is 5.69 Å². The number of halogens is 1. The topological polar surface area (TPSA) is 43.8 Å². The summed E-state index contributed by atoms with van der Waals surface area (Å²) in [5.74, 6) is 0.597. The molecule has 0 atom stereocenters. The average Bonchev–Trinajstić information content (AvgIpc) is 2.60. The molecule has 0 saturated heterocycles. The molecule has 0 amide bonds. The lowest BCUT2D eigenvalue weighted by molar-refractivity contribution is 0.626. The van der Waals surface area contributed by atoms with Crippen LogP contribution < -0.4 is 5.73 Å². The molecule has 2 rings (SSSR count). The second-order valence-electron chi connectivity index (χ2n) is 3.67. The molecule has 0 unspecified atom stereocenters. The van der Waals surface area contributed by atoms with E-state index in [0.717, 1.165) is 23.6 Å². The number of hydrogen-bond donors (Lipinski definition) is 1. The Balaban J connectivity index is 2.40. The predicted molar refractivity (Wildman–Crippen MR) is 61.0 cm³/mol. The zero-order chi connectivity index (χ0) is 11.5. The summed E-state index contributed by atoms with van der Waals surface area (Å²) in [7, 11) is 0. The van der Waals surface area contributed by atoms with Gasteiger partial charge in [-0.05, 0) is 31.7 Å². The molecule has 0 spiro atoms. The van der Waals surface area contributed by atoms with E-state index in [1.54, 1.807) is 6.07 Å². The van der Waals surface area contributed by atoms with Crippen LogP contribution >= 0.6 is 0 Å². The van der Waals surface area contributed by atoms with E-state index in [-0.39, 0.29) is 5.82 Å². The molecule has 0 saturated carbocycles. The number of imidazole rings is 1. The van der Waals surface area contributed by atoms with Crippen molar-refractivity contribution < 1.29 is 4.39 Å². The summed E-state index contributed by atoms with van der Waals surface area (Å²) in [6.07, 6.45) is 2.64. The molecule has 0 aliphatic heterocycles. The van der Waals surface area contributed by atoms with E-state index in [1.807, 2.05) is 23.8 Å². The van der Waals surface area contributed by atoms with Crippen molar-refractivity contribution in [2.24, 2.45) is 5.73 Å². The standard InChI is InChI=1S/C12H14FN3/c1-9-15-11(5-6-14)8-16(9)12-4-2-3-10(13)7-12/h2-4,7-8H,5-6,14H2,1H3. The lowest BCUT2D eigenvalue weighted by Crippen LogP contribution is -2.02. The SMILES string of the molecule is Cc1nc(CCN)cn1-c1cccc(F)c1. The maximum absolute atomic E-state index is 13.1. The Labute approximate surface area is 93.7 Å². The molecule has 4 heteroatoms. The van der Waals surface area contributed by atoms with Crippen LogP contribution in [0.1, 0.15) is 11.5 Å². The van der Waals surface area contributed by atoms with Gasteiger partial charge in [0.15, 0.2) is 0 Å². The van der Waals surface area contributed by atoms with E-state index in [0.29, 0.717) is 6.54 Å². The first-order valence-corrected chi connectivity index (χ1v) is 5.21. The van der Waals surface area contributed by atoms with E-state index in [9.17, 15) is 4.39 Å². The van der Waals surface area contributed by atoms with Gasteiger partial charge >= 0.3 is 0 Å². The van der Waals surface area contributed by atoms with Gasteiger partial charge in [0.2, 0.25) is 0 Å². The van der Waals surface area contributed by atoms with Crippen LogP contribution in [0.15, 0.2) is 30.5 Å². The van der Waals surface area contributed by atoms with E-state index in [1.165, 1.54) is 12.1 Å². The zero-order valence-electron chi connectivity index (χ0n) is 9.15. The zero-order valence-corrected chi connectivity index (χ0v) is 9.15. The number of aryl methyl sites for hydroxylation is 1. The van der Waals surface area contributed by atoms with Gasteiger partial charge in [0, 0.05) is 18.3 Å². The third kappa shape index (κ3) is 2.12. The second kappa shape index (κ2) is 4.45. The molecule has 16 heavy (non-hydrogen) atoms. The summed E-state index contributed by atoms with van der Waals surface area (Å²) in [5.41, 5.74) is 7.19. The molecular formula is C12H14FN3. The highest BCUT2D eigenvalue weighted by atomic mass is 19.1. The van der Waals surface area contributed by atoms with Crippen LogP contribution in [0.3, 0.4) is 0 Å². The molecular weight excluding hydrogens is 205 g/mol. The Morgan fingerprint density at radius 1 is 1.44 bits per heavy atom. The van der Waals surface area contributed by atoms with Gasteiger partial charge in [-0.15, -0.1) is 0 Å². The molecule has 1 aromatic carbocycles. The summed E-state index contributed by atoms with van der Waals surface area (Å²) in [4.78, 5) is 4.37. The largest absolute Gasteiger partial charge is 0.330 e. The highest BCUT2D eigenvalue weighted by Crippen LogP contribution is 2.13. The minimum absolute atomic E-state index is 0.244. The van der Waals surface area contributed by atoms with E-state index in [4.69, 9.17) is 5.73 Å². The van der Waals surface area contributed by atoms with Crippen LogP contribution in [0, 0.1) is 12.7 Å². The van der Waals surface area contributed by atoms with E-state index < -0.39 is 0 Å². The first-order valence-electron chi connectivity index (χ1n) is 5.21. The predicted octanol–water partition coefficient (Wildman–Crippen LogP) is 1.82. The number of hydrogen-bond acceptors (Lipinski definition) is 2. The Morgan fingerprint density at radius 3 is 2.94 bits per heavy atom. The molecule has 84 valence electrons. The van der Waals surface area contributed by atoms with Crippen molar-refractivity contribution in [3.05, 3.63) is 47.8 Å². The fourth-order valence-electron chi connectivity index (χ4n) is 1.69. The molecule has 1 aromatic heterocycles. The van der Waals surface area contributed by atoms with Gasteiger partial charge in [-0.3, -0.25) is 0 Å². The molecule has 2 N–H and O–H groups in total. The summed E-state index contributed by atoms with van der Waals surface area (Å²) >= 11 is 0. The quantitative estimate of drug-likeness (QED) is 0.855. The highest BCUT2D eigenvalue weighted by Gasteiger charge is 2.05. The molecule has 0 radical (unpaired) electrons. The maximum atomic E-state index is 13.1. The number of nitrogens with zero attached hydrogens (tertiary/aromatic N) is 2. The fourth-order valence-corrected chi connectivity index (χ4v) is 1.69. The first kappa shape index (κ1) is 10.8. The van der Waals surface area contributed by atoms with Gasteiger partial charge in [0.25, 0.3) is 0 Å². The van der Waals surface area contributed by atoms with Crippen LogP contribution in [0.5, 0.6) is 0 Å². The molecule has 1 heterocycles. The van der Waals surface area contributed by atoms with Crippen molar-refractivity contribution in [1.29, 1.82) is 0 Å². The Bertz CT molecular complexity index is 491. The second-order valence-corrected chi connectivity index (χ2v) is 3.67. The van der Waals surface area contributed by atoms with Gasteiger partial charge in [-0.1, -0.05) is 6.07 Å². The van der Waals surface area contributed by atoms with Crippen molar-refractivity contribution in [3.8, 4) is 5.69 Å². The lowest BCUT2D eigenvalue weighted by Gasteiger charge is -2.03. The molecule has 0 aliphatic carbocycles. The third-order valence-corrected chi connectivity index (χ3v) is 2.42. The fraction of sp³-hybridized carbons (Fsp3) is 0.250. The van der Waals surface area contributed by atoms with Gasteiger partial charge in [-0.25, -0.2) is 9.37 Å². The maximum Gasteiger partial charge on any atom is 0.125 e. The van der Waals surface area contributed by atoms with E-state index >= 15 is 0 Å². The van der Waals surface area contributed by atoms with Crippen molar-refractivity contribution in [2.75, 3.05) is 6.54 Å². The lowest BCUT2D eigenvalue weighted by atomic mass is 10.3. The Kier molecular flexibility index (Phi) is 3.01. The van der Waals surface area contributed by atoms with Crippen LogP contribution in [-0.2, 0) is 6.42 Å². The van der Waals surface area contributed by atoms with Crippen molar-refractivity contribution in [2.45, 2.75) is 13.3 Å². The van der Waals surface area contributed by atoms with Crippen LogP contribution in [-0.4, -0.2) is 16.1 Å². The third-order valence-electron chi connectivity index (χ3n) is 2.42. The van der Waals surface area contributed by atoms with Crippen molar-refractivity contribution in [3.63, 3.8) is 0 Å². The van der Waals surface area contributed by atoms with Gasteiger partial charge in [0.1, 0.15) is 11.6 Å². The van der Waals surface area contributed by atoms with Crippen LogP contribution in [0.4, 0.5) is 4.39 Å². The summed E-state index contributed by atoms with van der Waals surface area (Å²) in [6.45, 7) is 2.46. The van der Waals surface area contributed by atoms with Gasteiger partial charge in [-0.2, -0.15) is 0 Å². The molecule has 3 nitrogen and oxygen atoms in total. The van der Waals surface area contributed by atoms with Crippen molar-refractivity contribution in [1.82, 2.24) is 9.55 Å². The highest BCUT2D eigenvalue weighted by molar-refractivity contribution is 5.34. The molecule has 0 aliphatic rings. The average molecular weight is 219 g/mol. The Hall–Kier alpha value is -1.68. The van der Waals surface area contributed by atoms with E-state index in [2.05, 4.69) is 4.98 Å². The Morgan fingerprint density at radius 2 is 2.25 bits per heavy atom. The number of aromatic nitrogens is 2. The normalized spacial score (nSPS) is 10.7. The van der Waals surface area contributed by atoms with Crippen molar-refractivity contribution >= 4 is 0 Å².